The number of nitrogens with one attached hydrogen (secondary N) is 2. The number of hydrogen-bond acceptors (Lipinski definition) is 3. The van der Waals surface area contributed by atoms with Gasteiger partial charge in [0.15, 0.2) is 0 Å². The predicted molar refractivity (Wildman–Crippen MR) is 151 cm³/mol. The zero-order chi connectivity index (χ0) is 26.5. The number of hydrazone groups is 1. The molecule has 1 aromatic heterocycles. The molecule has 8 heteroatoms. The van der Waals surface area contributed by atoms with Gasteiger partial charge in [0.2, 0.25) is 0 Å². The Bertz CT molecular complexity index is 1460. The van der Waals surface area contributed by atoms with Crippen molar-refractivity contribution in [3.63, 3.8) is 0 Å². The summed E-state index contributed by atoms with van der Waals surface area (Å²) in [6.45, 7) is 6.49. The van der Waals surface area contributed by atoms with E-state index in [9.17, 15) is 9.59 Å². The fraction of sp³-hybridized carbons (Fsp3) is 0.207. The second-order valence-corrected chi connectivity index (χ2v) is 10.1. The molecule has 0 aliphatic heterocycles. The van der Waals surface area contributed by atoms with Crippen LogP contribution in [0.2, 0.25) is 10.0 Å². The maximum atomic E-state index is 12.9. The lowest BCUT2D eigenvalue weighted by Gasteiger charge is -2.20. The van der Waals surface area contributed by atoms with Crippen molar-refractivity contribution in [1.82, 2.24) is 15.3 Å². The van der Waals surface area contributed by atoms with Crippen LogP contribution >= 0.6 is 23.2 Å². The van der Waals surface area contributed by atoms with Gasteiger partial charge in [-0.3, -0.25) is 9.59 Å². The molecule has 6 nitrogen and oxygen atoms in total. The number of fused-ring (bicyclic) bond motifs is 1. The lowest BCUT2D eigenvalue weighted by Crippen LogP contribution is -2.48. The van der Waals surface area contributed by atoms with E-state index in [1.807, 2.05) is 38.2 Å². The van der Waals surface area contributed by atoms with Gasteiger partial charge in [0, 0.05) is 34.8 Å². The van der Waals surface area contributed by atoms with E-state index >= 15 is 0 Å². The number of nitrogens with zero attached hydrogens (tertiary/aromatic N) is 2. The number of halogens is 2. The monoisotopic (exact) mass is 534 g/mol. The average molecular weight is 535 g/mol. The summed E-state index contributed by atoms with van der Waals surface area (Å²) in [5, 5.41) is 8.62. The van der Waals surface area contributed by atoms with Gasteiger partial charge in [-0.1, -0.05) is 85.1 Å². The topological polar surface area (TPSA) is 75.5 Å². The van der Waals surface area contributed by atoms with Crippen molar-refractivity contribution in [2.75, 3.05) is 0 Å². The van der Waals surface area contributed by atoms with Gasteiger partial charge in [-0.2, -0.15) is 5.10 Å². The molecular weight excluding hydrogens is 507 g/mol. The third-order valence-corrected chi connectivity index (χ3v) is 6.83. The Morgan fingerprint density at radius 3 is 2.43 bits per heavy atom. The van der Waals surface area contributed by atoms with Gasteiger partial charge < -0.3 is 9.88 Å². The van der Waals surface area contributed by atoms with E-state index in [-0.39, 0.29) is 10.9 Å². The largest absolute Gasteiger partial charge is 0.342 e. The smallest absolute Gasteiger partial charge is 0.262 e. The molecule has 0 radical (unpaired) electrons. The zero-order valence-corrected chi connectivity index (χ0v) is 22.3. The molecule has 4 rings (SSSR count). The van der Waals surface area contributed by atoms with Crippen LogP contribution in [0.5, 0.6) is 0 Å². The van der Waals surface area contributed by atoms with E-state index in [1.54, 1.807) is 18.3 Å². The number of hydrogen-bond donors (Lipinski definition) is 2. The molecule has 3 aromatic carbocycles. The van der Waals surface area contributed by atoms with Gasteiger partial charge >= 0.3 is 0 Å². The molecule has 0 spiro atoms. The lowest BCUT2D eigenvalue weighted by atomic mass is 10.0. The Hall–Kier alpha value is -3.61. The van der Waals surface area contributed by atoms with E-state index in [2.05, 4.69) is 57.7 Å². The first kappa shape index (κ1) is 26.5. The van der Waals surface area contributed by atoms with Crippen LogP contribution in [0.15, 0.2) is 78.0 Å². The molecule has 4 aromatic rings. The third kappa shape index (κ3) is 6.40. The van der Waals surface area contributed by atoms with Gasteiger partial charge in [-0.05, 0) is 42.7 Å². The van der Waals surface area contributed by atoms with Crippen LogP contribution in [0.4, 0.5) is 0 Å². The van der Waals surface area contributed by atoms with E-state index in [1.165, 1.54) is 17.2 Å². The van der Waals surface area contributed by atoms with Crippen molar-refractivity contribution < 1.29 is 9.59 Å². The second kappa shape index (κ2) is 11.6. The number of carbonyl (C=O) groups excluding carboxylic acids is 2. The summed E-state index contributed by atoms with van der Waals surface area (Å²) < 4.78 is 2.16. The van der Waals surface area contributed by atoms with Crippen molar-refractivity contribution in [3.8, 4) is 0 Å². The second-order valence-electron chi connectivity index (χ2n) is 9.27. The van der Waals surface area contributed by atoms with Gasteiger partial charge in [0.1, 0.15) is 6.04 Å². The molecule has 0 fully saturated rings. The summed E-state index contributed by atoms with van der Waals surface area (Å²) in [6, 6.07) is 20.3. The number of aryl methyl sites for hydroxylation is 1. The van der Waals surface area contributed by atoms with Gasteiger partial charge in [-0.25, -0.2) is 5.43 Å². The minimum absolute atomic E-state index is 0.168. The summed E-state index contributed by atoms with van der Waals surface area (Å²) in [7, 11) is 0. The summed E-state index contributed by atoms with van der Waals surface area (Å²) in [4.78, 5) is 25.6. The molecule has 0 saturated carbocycles. The maximum Gasteiger partial charge on any atom is 0.262 e. The van der Waals surface area contributed by atoms with Crippen LogP contribution in [0.1, 0.15) is 40.9 Å². The molecule has 1 heterocycles. The molecule has 0 bridgehead atoms. The van der Waals surface area contributed by atoms with Gasteiger partial charge in [0.05, 0.1) is 16.3 Å². The van der Waals surface area contributed by atoms with E-state index in [0.717, 1.165) is 23.0 Å². The lowest BCUT2D eigenvalue weighted by molar-refractivity contribution is -0.123. The van der Waals surface area contributed by atoms with Crippen molar-refractivity contribution >= 4 is 52.1 Å². The minimum Gasteiger partial charge on any atom is -0.342 e. The van der Waals surface area contributed by atoms with Crippen LogP contribution in [0, 0.1) is 12.8 Å². The summed E-state index contributed by atoms with van der Waals surface area (Å²) in [6.07, 6.45) is 3.65. The molecule has 37 heavy (non-hydrogen) atoms. The van der Waals surface area contributed by atoms with E-state index < -0.39 is 17.9 Å². The molecule has 0 aliphatic rings. The van der Waals surface area contributed by atoms with Crippen LogP contribution in [-0.2, 0) is 11.3 Å². The number of benzene rings is 3. The van der Waals surface area contributed by atoms with Crippen LogP contribution in [-0.4, -0.2) is 28.6 Å². The fourth-order valence-corrected chi connectivity index (χ4v) is 4.33. The van der Waals surface area contributed by atoms with Crippen LogP contribution < -0.4 is 10.7 Å². The Kier molecular flexibility index (Phi) is 8.31. The molecule has 2 amide bonds. The fourth-order valence-electron chi connectivity index (χ4n) is 4.03. The Balaban J connectivity index is 1.48. The minimum atomic E-state index is -0.790. The number of aromatic nitrogens is 1. The first-order chi connectivity index (χ1) is 17.7. The number of rotatable bonds is 8. The molecule has 190 valence electrons. The third-order valence-electron chi connectivity index (χ3n) is 6.09. The van der Waals surface area contributed by atoms with Crippen molar-refractivity contribution in [2.45, 2.75) is 33.4 Å². The highest BCUT2D eigenvalue weighted by Gasteiger charge is 2.25. The van der Waals surface area contributed by atoms with Crippen molar-refractivity contribution in [1.29, 1.82) is 0 Å². The Morgan fingerprint density at radius 1 is 1.00 bits per heavy atom. The molecule has 0 saturated heterocycles. The summed E-state index contributed by atoms with van der Waals surface area (Å²) in [5.41, 5.74) is 7.26. The first-order valence-electron chi connectivity index (χ1n) is 11.9. The zero-order valence-electron chi connectivity index (χ0n) is 20.8. The average Bonchev–Trinajstić information content (AvgIpc) is 3.22. The maximum absolute atomic E-state index is 12.9. The molecule has 0 aliphatic carbocycles. The quantitative estimate of drug-likeness (QED) is 0.208. The van der Waals surface area contributed by atoms with E-state index in [4.69, 9.17) is 23.2 Å². The van der Waals surface area contributed by atoms with Gasteiger partial charge in [-0.15, -0.1) is 0 Å². The summed E-state index contributed by atoms with van der Waals surface area (Å²) in [5.74, 6) is -1.00. The molecule has 2 N–H and O–H groups in total. The normalized spacial score (nSPS) is 12.3. The van der Waals surface area contributed by atoms with Crippen molar-refractivity contribution in [2.24, 2.45) is 11.0 Å². The highest BCUT2D eigenvalue weighted by molar-refractivity contribution is 6.42. The Labute approximate surface area is 226 Å². The van der Waals surface area contributed by atoms with Crippen molar-refractivity contribution in [3.05, 3.63) is 105 Å². The highest BCUT2D eigenvalue weighted by atomic mass is 35.5. The van der Waals surface area contributed by atoms with E-state index in [0.29, 0.717) is 10.6 Å². The van der Waals surface area contributed by atoms with Gasteiger partial charge in [0.25, 0.3) is 11.8 Å². The molecule has 1 unspecified atom stereocenters. The molecule has 1 atom stereocenters. The standard InChI is InChI=1S/C29H28Cl2N4O2/c1-18(2)27(33-28(36)21-12-13-24(30)25(31)14-21)29(37)34-32-15-22-17-35(26-7-5-4-6-23(22)26)16-20-10-8-19(3)9-11-20/h4-15,17-18,27H,16H2,1-3H3,(H,33,36)(H,34,37)/b32-15-. The number of amides is 2. The first-order valence-corrected chi connectivity index (χ1v) is 12.7. The highest BCUT2D eigenvalue weighted by Crippen LogP contribution is 2.23. The Morgan fingerprint density at radius 2 is 1.73 bits per heavy atom. The summed E-state index contributed by atoms with van der Waals surface area (Å²) >= 11 is 12.0. The number of carbonyl (C=O) groups is 2. The molecular formula is C29H28Cl2N4O2. The SMILES string of the molecule is Cc1ccc(Cn2cc(/C=N\NC(=O)C(NC(=O)c3ccc(Cl)c(Cl)c3)C(C)C)c3ccccc32)cc1. The number of para-hydroxylation sites is 1. The van der Waals surface area contributed by atoms with Crippen LogP contribution in [0.25, 0.3) is 10.9 Å². The van der Waals surface area contributed by atoms with Crippen LogP contribution in [0.3, 0.4) is 0 Å². The predicted octanol–water partition coefficient (Wildman–Crippen LogP) is 6.21.